The number of aromatic nitrogens is 3. The highest BCUT2D eigenvalue weighted by Crippen LogP contribution is 2.30. The summed E-state index contributed by atoms with van der Waals surface area (Å²) < 4.78 is 5.37. The van der Waals surface area contributed by atoms with E-state index in [1.807, 2.05) is 66.7 Å². The van der Waals surface area contributed by atoms with Gasteiger partial charge in [-0.15, -0.1) is 0 Å². The molecule has 2 aromatic heterocycles. The van der Waals surface area contributed by atoms with Gasteiger partial charge in [0.25, 0.3) is 0 Å². The first-order valence-electron chi connectivity index (χ1n) is 8.29. The lowest BCUT2D eigenvalue weighted by molar-refractivity contribution is 0.415. The molecule has 0 atom stereocenters. The molecule has 0 radical (unpaired) electrons. The molecule has 4 heteroatoms. The third kappa shape index (κ3) is 2.93. The molecule has 0 spiro atoms. The predicted molar refractivity (Wildman–Crippen MR) is 105 cm³/mol. The van der Waals surface area contributed by atoms with Crippen molar-refractivity contribution in [2.24, 2.45) is 0 Å². The van der Waals surface area contributed by atoms with E-state index in [0.717, 1.165) is 39.3 Å². The highest BCUT2D eigenvalue weighted by atomic mass is 16.5. The van der Waals surface area contributed by atoms with E-state index < -0.39 is 0 Å². The summed E-state index contributed by atoms with van der Waals surface area (Å²) in [5.41, 5.74) is 4.22. The average Bonchev–Trinajstić information content (AvgIpc) is 2.73. The van der Waals surface area contributed by atoms with Gasteiger partial charge >= 0.3 is 0 Å². The molecule has 2 heterocycles. The van der Waals surface area contributed by atoms with E-state index in [9.17, 15) is 0 Å². The molecule has 0 fully saturated rings. The number of fused-ring (bicyclic) bond motifs is 1. The van der Waals surface area contributed by atoms with Crippen molar-refractivity contribution in [2.45, 2.75) is 0 Å². The van der Waals surface area contributed by atoms with Crippen LogP contribution in [0.15, 0.2) is 73.3 Å². The molecular weight excluding hydrogens is 322 g/mol. The van der Waals surface area contributed by atoms with Crippen LogP contribution in [0.3, 0.4) is 0 Å². The fourth-order valence-corrected chi connectivity index (χ4v) is 2.87. The minimum Gasteiger partial charge on any atom is -0.497 e. The fraction of sp³-hybridized carbons (Fsp3) is 0.0455. The minimum atomic E-state index is 0.588. The molecule has 0 unspecified atom stereocenters. The molecule has 0 saturated heterocycles. The van der Waals surface area contributed by atoms with E-state index in [2.05, 4.69) is 11.6 Å². The molecule has 26 heavy (non-hydrogen) atoms. The molecule has 0 aliphatic rings. The zero-order valence-corrected chi connectivity index (χ0v) is 14.4. The van der Waals surface area contributed by atoms with Crippen LogP contribution in [0.1, 0.15) is 5.69 Å². The topological polar surface area (TPSA) is 47.9 Å². The Labute approximate surface area is 151 Å². The summed E-state index contributed by atoms with van der Waals surface area (Å²) in [4.78, 5) is 14.1. The largest absolute Gasteiger partial charge is 0.497 e. The normalized spacial score (nSPS) is 10.7. The van der Waals surface area contributed by atoms with Crippen molar-refractivity contribution in [3.8, 4) is 28.5 Å². The summed E-state index contributed by atoms with van der Waals surface area (Å²) in [5.74, 6) is 1.38. The van der Waals surface area contributed by atoms with Crippen LogP contribution < -0.4 is 4.74 Å². The van der Waals surface area contributed by atoms with E-state index in [-0.39, 0.29) is 0 Å². The van der Waals surface area contributed by atoms with Gasteiger partial charge in [0.05, 0.1) is 24.0 Å². The van der Waals surface area contributed by atoms with Gasteiger partial charge in [-0.2, -0.15) is 0 Å². The molecule has 0 bridgehead atoms. The summed E-state index contributed by atoms with van der Waals surface area (Å²) >= 11 is 0. The number of benzene rings is 2. The van der Waals surface area contributed by atoms with Crippen LogP contribution in [-0.2, 0) is 0 Å². The van der Waals surface area contributed by atoms with Crippen molar-refractivity contribution in [1.29, 1.82) is 0 Å². The van der Waals surface area contributed by atoms with Crippen LogP contribution in [0, 0.1) is 0 Å². The van der Waals surface area contributed by atoms with Gasteiger partial charge in [-0.3, -0.25) is 0 Å². The van der Waals surface area contributed by atoms with E-state index >= 15 is 0 Å². The van der Waals surface area contributed by atoms with E-state index in [1.54, 1.807) is 13.2 Å². The van der Waals surface area contributed by atoms with Gasteiger partial charge in [0.2, 0.25) is 0 Å². The number of para-hydroxylation sites is 1. The second-order valence-electron chi connectivity index (χ2n) is 5.80. The Morgan fingerprint density at radius 1 is 0.885 bits per heavy atom. The van der Waals surface area contributed by atoms with Gasteiger partial charge in [0.1, 0.15) is 11.4 Å². The summed E-state index contributed by atoms with van der Waals surface area (Å²) in [5, 5.41) is 0.990. The first-order valence-corrected chi connectivity index (χ1v) is 8.29. The Balaban J connectivity index is 1.97. The number of nitrogens with zero attached hydrogens (tertiary/aromatic N) is 3. The maximum atomic E-state index is 5.37. The second kappa shape index (κ2) is 6.76. The van der Waals surface area contributed by atoms with Crippen LogP contribution in [0.25, 0.3) is 39.8 Å². The third-order valence-electron chi connectivity index (χ3n) is 4.16. The lowest BCUT2D eigenvalue weighted by Crippen LogP contribution is -1.97. The van der Waals surface area contributed by atoms with Crippen molar-refractivity contribution in [1.82, 2.24) is 15.0 Å². The molecular formula is C22H17N3O. The SMILES string of the molecule is C=Cc1cccc(-c2nc(-c3cccc(OC)c3)c3ccccc3n2)n1. The molecule has 0 aliphatic heterocycles. The van der Waals surface area contributed by atoms with Gasteiger partial charge < -0.3 is 4.74 Å². The lowest BCUT2D eigenvalue weighted by Gasteiger charge is -2.10. The number of hydrogen-bond acceptors (Lipinski definition) is 4. The molecule has 4 nitrogen and oxygen atoms in total. The minimum absolute atomic E-state index is 0.588. The Bertz CT molecular complexity index is 1110. The molecule has 0 amide bonds. The molecule has 4 rings (SSSR count). The number of hydrogen-bond donors (Lipinski definition) is 0. The van der Waals surface area contributed by atoms with Crippen LogP contribution >= 0.6 is 0 Å². The Morgan fingerprint density at radius 3 is 2.58 bits per heavy atom. The third-order valence-corrected chi connectivity index (χ3v) is 4.16. The Hall–Kier alpha value is -3.53. The van der Waals surface area contributed by atoms with Crippen molar-refractivity contribution in [3.63, 3.8) is 0 Å². The van der Waals surface area contributed by atoms with Gasteiger partial charge in [-0.05, 0) is 36.4 Å². The Kier molecular flexibility index (Phi) is 4.15. The smallest absolute Gasteiger partial charge is 0.179 e. The second-order valence-corrected chi connectivity index (χ2v) is 5.80. The van der Waals surface area contributed by atoms with Crippen molar-refractivity contribution in [3.05, 3.63) is 79.0 Å². The van der Waals surface area contributed by atoms with E-state index in [1.165, 1.54) is 0 Å². The first kappa shape index (κ1) is 16.0. The fourth-order valence-electron chi connectivity index (χ4n) is 2.87. The molecule has 0 saturated carbocycles. The zero-order valence-electron chi connectivity index (χ0n) is 14.4. The van der Waals surface area contributed by atoms with Gasteiger partial charge in [0.15, 0.2) is 5.82 Å². The maximum Gasteiger partial charge on any atom is 0.179 e. The predicted octanol–water partition coefficient (Wildman–Crippen LogP) is 5.01. The Morgan fingerprint density at radius 2 is 1.73 bits per heavy atom. The van der Waals surface area contributed by atoms with Crippen LogP contribution in [0.4, 0.5) is 0 Å². The van der Waals surface area contributed by atoms with Crippen LogP contribution in [0.5, 0.6) is 5.75 Å². The van der Waals surface area contributed by atoms with Crippen molar-refractivity contribution < 1.29 is 4.74 Å². The van der Waals surface area contributed by atoms with Crippen molar-refractivity contribution in [2.75, 3.05) is 7.11 Å². The summed E-state index contributed by atoms with van der Waals surface area (Å²) in [7, 11) is 1.66. The van der Waals surface area contributed by atoms with E-state index in [0.29, 0.717) is 5.82 Å². The summed E-state index contributed by atoms with van der Waals surface area (Å²) in [6, 6.07) is 21.6. The number of methoxy groups -OCH3 is 1. The van der Waals surface area contributed by atoms with Crippen LogP contribution in [0.2, 0.25) is 0 Å². The van der Waals surface area contributed by atoms with Crippen LogP contribution in [-0.4, -0.2) is 22.1 Å². The van der Waals surface area contributed by atoms with E-state index in [4.69, 9.17) is 14.7 Å². The number of ether oxygens (including phenoxy) is 1. The number of rotatable bonds is 4. The highest BCUT2D eigenvalue weighted by Gasteiger charge is 2.12. The first-order chi connectivity index (χ1) is 12.8. The lowest BCUT2D eigenvalue weighted by atomic mass is 10.1. The van der Waals surface area contributed by atoms with Crippen molar-refractivity contribution >= 4 is 17.0 Å². The van der Waals surface area contributed by atoms with Gasteiger partial charge in [-0.25, -0.2) is 15.0 Å². The molecule has 0 aliphatic carbocycles. The summed E-state index contributed by atoms with van der Waals surface area (Å²) in [6.07, 6.45) is 1.72. The van der Waals surface area contributed by atoms with Gasteiger partial charge in [-0.1, -0.05) is 43.0 Å². The van der Waals surface area contributed by atoms with Gasteiger partial charge in [0, 0.05) is 10.9 Å². The molecule has 126 valence electrons. The quantitative estimate of drug-likeness (QED) is 0.524. The standard InChI is InChI=1S/C22H17N3O/c1-3-16-9-7-13-20(23-16)22-24-19-12-5-4-11-18(19)21(25-22)15-8-6-10-17(14-15)26-2/h3-14H,1H2,2H3. The molecule has 2 aromatic carbocycles. The average molecular weight is 339 g/mol. The number of pyridine rings is 1. The maximum absolute atomic E-state index is 5.37. The zero-order chi connectivity index (χ0) is 17.9. The highest BCUT2D eigenvalue weighted by molar-refractivity contribution is 5.93. The molecule has 0 N–H and O–H groups in total. The summed E-state index contributed by atoms with van der Waals surface area (Å²) in [6.45, 7) is 3.78. The monoisotopic (exact) mass is 339 g/mol. The molecule has 4 aromatic rings.